The first-order valence-electron chi connectivity index (χ1n) is 5.49. The lowest BCUT2D eigenvalue weighted by atomic mass is 10.3. The van der Waals surface area contributed by atoms with Gasteiger partial charge in [-0.1, -0.05) is 0 Å². The van der Waals surface area contributed by atoms with E-state index in [0.717, 1.165) is 6.54 Å². The van der Waals surface area contributed by atoms with Crippen molar-refractivity contribution in [3.05, 3.63) is 0 Å². The molecule has 1 aliphatic rings. The van der Waals surface area contributed by atoms with Crippen molar-refractivity contribution < 1.29 is 4.79 Å². The van der Waals surface area contributed by atoms with Crippen LogP contribution in [0.3, 0.4) is 0 Å². The molecule has 1 heterocycles. The summed E-state index contributed by atoms with van der Waals surface area (Å²) in [6, 6.07) is 0.402. The smallest absolute Gasteiger partial charge is 0.314 e. The van der Waals surface area contributed by atoms with Gasteiger partial charge in [-0.15, -0.1) is 0 Å². The van der Waals surface area contributed by atoms with Gasteiger partial charge in [0.25, 0.3) is 0 Å². The van der Waals surface area contributed by atoms with Crippen LogP contribution in [0.15, 0.2) is 0 Å². The molecule has 0 aliphatic carbocycles. The SMILES string of the molecule is CCNC(=O)NCC(C)N1CCCC1. The van der Waals surface area contributed by atoms with E-state index < -0.39 is 0 Å². The molecule has 2 amide bonds. The molecular formula is C10H21N3O. The van der Waals surface area contributed by atoms with Gasteiger partial charge in [-0.3, -0.25) is 4.90 Å². The highest BCUT2D eigenvalue weighted by Gasteiger charge is 2.17. The maximum absolute atomic E-state index is 11.1. The molecule has 0 bridgehead atoms. The monoisotopic (exact) mass is 199 g/mol. The van der Waals surface area contributed by atoms with Gasteiger partial charge in [-0.25, -0.2) is 4.79 Å². The molecular weight excluding hydrogens is 178 g/mol. The second kappa shape index (κ2) is 5.86. The Kier molecular flexibility index (Phi) is 4.73. The lowest BCUT2D eigenvalue weighted by molar-refractivity contribution is 0.226. The predicted octanol–water partition coefficient (Wildman–Crippen LogP) is 0.790. The predicted molar refractivity (Wildman–Crippen MR) is 57.3 cm³/mol. The third-order valence-electron chi connectivity index (χ3n) is 2.66. The van der Waals surface area contributed by atoms with Crippen molar-refractivity contribution in [3.63, 3.8) is 0 Å². The number of hydrogen-bond donors (Lipinski definition) is 2. The molecule has 1 saturated heterocycles. The van der Waals surface area contributed by atoms with Crippen LogP contribution in [0.1, 0.15) is 26.7 Å². The van der Waals surface area contributed by atoms with Gasteiger partial charge >= 0.3 is 6.03 Å². The van der Waals surface area contributed by atoms with Crippen LogP contribution in [0.4, 0.5) is 4.79 Å². The molecule has 1 unspecified atom stereocenters. The van der Waals surface area contributed by atoms with E-state index in [1.165, 1.54) is 25.9 Å². The second-order valence-corrected chi connectivity index (χ2v) is 3.83. The zero-order chi connectivity index (χ0) is 10.4. The van der Waals surface area contributed by atoms with Crippen molar-refractivity contribution in [2.24, 2.45) is 0 Å². The molecule has 2 N–H and O–H groups in total. The fraction of sp³-hybridized carbons (Fsp3) is 0.900. The maximum atomic E-state index is 11.1. The quantitative estimate of drug-likeness (QED) is 0.703. The third kappa shape index (κ3) is 3.54. The molecule has 1 atom stereocenters. The summed E-state index contributed by atoms with van der Waals surface area (Å²) >= 11 is 0. The molecule has 0 saturated carbocycles. The molecule has 1 aliphatic heterocycles. The summed E-state index contributed by atoms with van der Waals surface area (Å²) in [6.07, 6.45) is 2.59. The topological polar surface area (TPSA) is 44.4 Å². The van der Waals surface area contributed by atoms with Gasteiger partial charge in [0.15, 0.2) is 0 Å². The summed E-state index contributed by atoms with van der Waals surface area (Å²) in [5.74, 6) is 0. The van der Waals surface area contributed by atoms with Crippen LogP contribution in [-0.2, 0) is 0 Å². The van der Waals surface area contributed by atoms with Gasteiger partial charge in [0.2, 0.25) is 0 Å². The molecule has 1 rings (SSSR count). The number of hydrogen-bond acceptors (Lipinski definition) is 2. The highest BCUT2D eigenvalue weighted by Crippen LogP contribution is 2.10. The van der Waals surface area contributed by atoms with Gasteiger partial charge in [0.1, 0.15) is 0 Å². The van der Waals surface area contributed by atoms with Crippen LogP contribution in [0.2, 0.25) is 0 Å². The summed E-state index contributed by atoms with van der Waals surface area (Å²) < 4.78 is 0. The van der Waals surface area contributed by atoms with Crippen LogP contribution in [0, 0.1) is 0 Å². The minimum absolute atomic E-state index is 0.0569. The molecule has 0 aromatic rings. The Morgan fingerprint density at radius 3 is 2.57 bits per heavy atom. The Morgan fingerprint density at radius 2 is 2.00 bits per heavy atom. The molecule has 0 aromatic heterocycles. The molecule has 14 heavy (non-hydrogen) atoms. The number of amides is 2. The first kappa shape index (κ1) is 11.3. The standard InChI is InChI=1S/C10H21N3O/c1-3-11-10(14)12-8-9(2)13-6-4-5-7-13/h9H,3-8H2,1-2H3,(H2,11,12,14). The zero-order valence-corrected chi connectivity index (χ0v) is 9.18. The summed E-state index contributed by atoms with van der Waals surface area (Å²) in [6.45, 7) is 7.87. The van der Waals surface area contributed by atoms with Gasteiger partial charge in [0, 0.05) is 19.1 Å². The van der Waals surface area contributed by atoms with Crippen LogP contribution in [0.25, 0.3) is 0 Å². The first-order chi connectivity index (χ1) is 6.74. The Balaban J connectivity index is 2.13. The zero-order valence-electron chi connectivity index (χ0n) is 9.18. The van der Waals surface area contributed by atoms with Crippen LogP contribution in [-0.4, -0.2) is 43.2 Å². The molecule has 0 aromatic carbocycles. The molecule has 82 valence electrons. The number of nitrogens with zero attached hydrogens (tertiary/aromatic N) is 1. The number of likely N-dealkylation sites (tertiary alicyclic amines) is 1. The minimum Gasteiger partial charge on any atom is -0.338 e. The highest BCUT2D eigenvalue weighted by atomic mass is 16.2. The molecule has 0 radical (unpaired) electrons. The van der Waals surface area contributed by atoms with Gasteiger partial charge in [-0.05, 0) is 39.8 Å². The fourth-order valence-electron chi connectivity index (χ4n) is 1.77. The highest BCUT2D eigenvalue weighted by molar-refractivity contribution is 5.73. The van der Waals surface area contributed by atoms with E-state index in [1.54, 1.807) is 0 Å². The van der Waals surface area contributed by atoms with Gasteiger partial charge in [0.05, 0.1) is 0 Å². The van der Waals surface area contributed by atoms with Crippen molar-refractivity contribution in [2.75, 3.05) is 26.2 Å². The lowest BCUT2D eigenvalue weighted by Gasteiger charge is -2.23. The average molecular weight is 199 g/mol. The summed E-state index contributed by atoms with van der Waals surface area (Å²) in [7, 11) is 0. The minimum atomic E-state index is -0.0569. The third-order valence-corrected chi connectivity index (χ3v) is 2.66. The van der Waals surface area contributed by atoms with Gasteiger partial charge in [-0.2, -0.15) is 0 Å². The van der Waals surface area contributed by atoms with E-state index in [2.05, 4.69) is 22.5 Å². The van der Waals surface area contributed by atoms with Crippen molar-refractivity contribution in [1.29, 1.82) is 0 Å². The van der Waals surface area contributed by atoms with Crippen LogP contribution < -0.4 is 10.6 Å². The molecule has 4 nitrogen and oxygen atoms in total. The number of carbonyl (C=O) groups excluding carboxylic acids is 1. The van der Waals surface area contributed by atoms with Crippen LogP contribution in [0.5, 0.6) is 0 Å². The normalized spacial score (nSPS) is 19.3. The fourth-order valence-corrected chi connectivity index (χ4v) is 1.77. The van der Waals surface area contributed by atoms with E-state index >= 15 is 0 Å². The Hall–Kier alpha value is -0.770. The summed E-state index contributed by atoms with van der Waals surface area (Å²) in [4.78, 5) is 13.5. The van der Waals surface area contributed by atoms with Crippen molar-refractivity contribution in [2.45, 2.75) is 32.7 Å². The Labute approximate surface area is 86.0 Å². The number of rotatable bonds is 4. The van der Waals surface area contributed by atoms with E-state index in [-0.39, 0.29) is 6.03 Å². The molecule has 1 fully saturated rings. The summed E-state index contributed by atoms with van der Waals surface area (Å²) in [5, 5.41) is 5.59. The number of carbonyl (C=O) groups is 1. The first-order valence-corrected chi connectivity index (χ1v) is 5.49. The molecule has 0 spiro atoms. The van der Waals surface area contributed by atoms with Crippen molar-refractivity contribution in [3.8, 4) is 0 Å². The van der Waals surface area contributed by atoms with Crippen molar-refractivity contribution >= 4 is 6.03 Å². The number of urea groups is 1. The number of nitrogens with one attached hydrogen (secondary N) is 2. The van der Waals surface area contributed by atoms with E-state index in [0.29, 0.717) is 12.6 Å². The average Bonchev–Trinajstić information content (AvgIpc) is 2.67. The lowest BCUT2D eigenvalue weighted by Crippen LogP contribution is -2.44. The van der Waals surface area contributed by atoms with E-state index in [9.17, 15) is 4.79 Å². The largest absolute Gasteiger partial charge is 0.338 e. The van der Waals surface area contributed by atoms with Crippen molar-refractivity contribution in [1.82, 2.24) is 15.5 Å². The molecule has 4 heteroatoms. The Morgan fingerprint density at radius 1 is 1.36 bits per heavy atom. The van der Waals surface area contributed by atoms with E-state index in [1.807, 2.05) is 6.92 Å². The summed E-state index contributed by atoms with van der Waals surface area (Å²) in [5.41, 5.74) is 0. The van der Waals surface area contributed by atoms with Crippen LogP contribution >= 0.6 is 0 Å². The Bertz CT molecular complexity index is 178. The van der Waals surface area contributed by atoms with Gasteiger partial charge < -0.3 is 10.6 Å². The second-order valence-electron chi connectivity index (χ2n) is 3.83. The maximum Gasteiger partial charge on any atom is 0.314 e. The van der Waals surface area contributed by atoms with E-state index in [4.69, 9.17) is 0 Å².